The molecule has 19 heavy (non-hydrogen) atoms. The maximum Gasteiger partial charge on any atom is 0.0113 e. The molecular formula is C18H27N. The van der Waals surface area contributed by atoms with Gasteiger partial charge in [0.25, 0.3) is 0 Å². The first-order valence-corrected chi connectivity index (χ1v) is 8.16. The van der Waals surface area contributed by atoms with E-state index in [9.17, 15) is 0 Å². The number of fused-ring (bicyclic) bond motifs is 1. The minimum atomic E-state index is 0.701. The maximum absolute atomic E-state index is 3.93. The van der Waals surface area contributed by atoms with Gasteiger partial charge in [0, 0.05) is 12.1 Å². The van der Waals surface area contributed by atoms with Gasteiger partial charge in [-0.2, -0.15) is 0 Å². The van der Waals surface area contributed by atoms with E-state index < -0.39 is 0 Å². The van der Waals surface area contributed by atoms with Crippen LogP contribution in [-0.2, 0) is 12.8 Å². The third kappa shape index (κ3) is 3.20. The quantitative estimate of drug-likeness (QED) is 0.859. The molecule has 0 aliphatic heterocycles. The Morgan fingerprint density at radius 2 is 1.74 bits per heavy atom. The van der Waals surface area contributed by atoms with Gasteiger partial charge in [-0.15, -0.1) is 0 Å². The summed E-state index contributed by atoms with van der Waals surface area (Å²) in [5.41, 5.74) is 3.15. The highest BCUT2D eigenvalue weighted by atomic mass is 15.0. The molecule has 1 nitrogen and oxygen atoms in total. The molecule has 104 valence electrons. The molecule has 2 atom stereocenters. The van der Waals surface area contributed by atoms with E-state index >= 15 is 0 Å². The summed E-state index contributed by atoms with van der Waals surface area (Å²) < 4.78 is 0. The summed E-state index contributed by atoms with van der Waals surface area (Å²) in [7, 11) is 0. The molecule has 1 aromatic rings. The Bertz CT molecular complexity index is 406. The van der Waals surface area contributed by atoms with Gasteiger partial charge in [-0.05, 0) is 56.1 Å². The zero-order valence-corrected chi connectivity index (χ0v) is 12.2. The van der Waals surface area contributed by atoms with Crippen molar-refractivity contribution in [2.75, 3.05) is 0 Å². The van der Waals surface area contributed by atoms with Gasteiger partial charge in [-0.1, -0.05) is 43.5 Å². The lowest BCUT2D eigenvalue weighted by Crippen LogP contribution is -2.44. The first-order valence-electron chi connectivity index (χ1n) is 8.16. The van der Waals surface area contributed by atoms with Crippen molar-refractivity contribution < 1.29 is 0 Å². The van der Waals surface area contributed by atoms with E-state index in [2.05, 4.69) is 36.5 Å². The van der Waals surface area contributed by atoms with E-state index in [-0.39, 0.29) is 0 Å². The number of aryl methyl sites for hydroxylation is 1. The van der Waals surface area contributed by atoms with Gasteiger partial charge < -0.3 is 5.32 Å². The van der Waals surface area contributed by atoms with Crippen LogP contribution in [0.5, 0.6) is 0 Å². The Morgan fingerprint density at radius 1 is 1.00 bits per heavy atom. The molecule has 2 unspecified atom stereocenters. The highest BCUT2D eigenvalue weighted by Crippen LogP contribution is 2.28. The lowest BCUT2D eigenvalue weighted by Gasteiger charge is -2.34. The maximum atomic E-state index is 3.93. The predicted octanol–water partition coefficient (Wildman–Crippen LogP) is 4.10. The van der Waals surface area contributed by atoms with Gasteiger partial charge in [-0.3, -0.25) is 0 Å². The van der Waals surface area contributed by atoms with Crippen LogP contribution in [0.4, 0.5) is 0 Å². The average molecular weight is 257 g/mol. The average Bonchev–Trinajstić information content (AvgIpc) is 2.48. The summed E-state index contributed by atoms with van der Waals surface area (Å²) >= 11 is 0. The van der Waals surface area contributed by atoms with Crippen molar-refractivity contribution >= 4 is 0 Å². The largest absolute Gasteiger partial charge is 0.311 e. The van der Waals surface area contributed by atoms with E-state index in [1.54, 1.807) is 11.1 Å². The Balaban J connectivity index is 1.56. The van der Waals surface area contributed by atoms with Gasteiger partial charge in [0.2, 0.25) is 0 Å². The van der Waals surface area contributed by atoms with E-state index in [1.807, 2.05) is 0 Å². The van der Waals surface area contributed by atoms with Crippen molar-refractivity contribution in [1.29, 1.82) is 0 Å². The molecule has 0 heterocycles. The molecule has 3 rings (SSSR count). The van der Waals surface area contributed by atoms with E-state index in [4.69, 9.17) is 0 Å². The zero-order valence-electron chi connectivity index (χ0n) is 12.2. The molecule has 1 fully saturated rings. The molecule has 1 saturated carbocycles. The lowest BCUT2D eigenvalue weighted by molar-refractivity contribution is 0.257. The number of rotatable bonds is 3. The minimum Gasteiger partial charge on any atom is -0.311 e. The zero-order chi connectivity index (χ0) is 13.1. The second-order valence-corrected chi connectivity index (χ2v) is 6.56. The van der Waals surface area contributed by atoms with Crippen molar-refractivity contribution in [3.8, 4) is 0 Å². The highest BCUT2D eigenvalue weighted by molar-refractivity contribution is 5.30. The van der Waals surface area contributed by atoms with Crippen LogP contribution in [-0.4, -0.2) is 12.1 Å². The monoisotopic (exact) mass is 257 g/mol. The number of benzene rings is 1. The fraction of sp³-hybridized carbons (Fsp3) is 0.667. The highest BCUT2D eigenvalue weighted by Gasteiger charge is 2.24. The molecule has 2 aliphatic carbocycles. The molecule has 2 aliphatic rings. The minimum absolute atomic E-state index is 0.701. The number of hydrogen-bond donors (Lipinski definition) is 1. The van der Waals surface area contributed by atoms with Crippen LogP contribution in [0.2, 0.25) is 0 Å². The van der Waals surface area contributed by atoms with Crippen molar-refractivity contribution in [2.24, 2.45) is 5.92 Å². The van der Waals surface area contributed by atoms with Crippen LogP contribution in [0, 0.1) is 5.92 Å². The number of hydrogen-bond acceptors (Lipinski definition) is 1. The molecule has 0 amide bonds. The van der Waals surface area contributed by atoms with Crippen LogP contribution >= 0.6 is 0 Å². The number of nitrogens with one attached hydrogen (secondary N) is 1. The topological polar surface area (TPSA) is 12.0 Å². The second kappa shape index (κ2) is 6.09. The van der Waals surface area contributed by atoms with Crippen LogP contribution in [0.15, 0.2) is 24.3 Å². The molecule has 1 aromatic carbocycles. The van der Waals surface area contributed by atoms with Crippen molar-refractivity contribution in [3.05, 3.63) is 35.4 Å². The molecule has 0 saturated heterocycles. The lowest BCUT2D eigenvalue weighted by atomic mass is 9.83. The molecular weight excluding hydrogens is 230 g/mol. The Morgan fingerprint density at radius 3 is 2.53 bits per heavy atom. The standard InChI is InChI=1S/C18H27N/c1-14(15-7-3-2-4-8-15)19-18-12-11-16-9-5-6-10-17(16)13-18/h5-6,9-10,14-15,18-19H,2-4,7-8,11-13H2,1H3. The van der Waals surface area contributed by atoms with Crippen LogP contribution < -0.4 is 5.32 Å². The third-order valence-corrected chi connectivity index (χ3v) is 5.20. The summed E-state index contributed by atoms with van der Waals surface area (Å²) in [6.07, 6.45) is 11.0. The SMILES string of the molecule is CC(NC1CCc2ccccc2C1)C1CCCCC1. The summed E-state index contributed by atoms with van der Waals surface area (Å²) in [6, 6.07) is 10.4. The molecule has 1 heteroatoms. The molecule has 0 spiro atoms. The summed E-state index contributed by atoms with van der Waals surface area (Å²) in [4.78, 5) is 0. The smallest absolute Gasteiger partial charge is 0.0113 e. The third-order valence-electron chi connectivity index (χ3n) is 5.20. The van der Waals surface area contributed by atoms with Gasteiger partial charge in [0.15, 0.2) is 0 Å². The molecule has 1 N–H and O–H groups in total. The fourth-order valence-electron chi connectivity index (χ4n) is 3.98. The van der Waals surface area contributed by atoms with Crippen LogP contribution in [0.25, 0.3) is 0 Å². The molecule has 0 radical (unpaired) electrons. The first kappa shape index (κ1) is 13.2. The predicted molar refractivity (Wildman–Crippen MR) is 81.4 cm³/mol. The first-order chi connectivity index (χ1) is 9.33. The van der Waals surface area contributed by atoms with Crippen molar-refractivity contribution in [3.63, 3.8) is 0 Å². The normalized spacial score (nSPS) is 25.8. The molecule has 0 aromatic heterocycles. The summed E-state index contributed by atoms with van der Waals surface area (Å²) in [5.74, 6) is 0.922. The van der Waals surface area contributed by atoms with E-state index in [0.29, 0.717) is 12.1 Å². The van der Waals surface area contributed by atoms with Gasteiger partial charge >= 0.3 is 0 Å². The van der Waals surface area contributed by atoms with Crippen molar-refractivity contribution in [2.45, 2.75) is 70.4 Å². The fourth-order valence-corrected chi connectivity index (χ4v) is 3.98. The second-order valence-electron chi connectivity index (χ2n) is 6.56. The Labute approximate surface area is 117 Å². The molecule has 0 bridgehead atoms. The Kier molecular flexibility index (Phi) is 4.22. The van der Waals surface area contributed by atoms with E-state index in [0.717, 1.165) is 5.92 Å². The van der Waals surface area contributed by atoms with E-state index in [1.165, 1.54) is 51.4 Å². The van der Waals surface area contributed by atoms with Crippen LogP contribution in [0.1, 0.15) is 56.6 Å². The van der Waals surface area contributed by atoms with Gasteiger partial charge in [-0.25, -0.2) is 0 Å². The summed E-state index contributed by atoms with van der Waals surface area (Å²) in [5, 5.41) is 3.93. The Hall–Kier alpha value is -0.820. The van der Waals surface area contributed by atoms with Gasteiger partial charge in [0.05, 0.1) is 0 Å². The summed E-state index contributed by atoms with van der Waals surface area (Å²) in [6.45, 7) is 2.41. The van der Waals surface area contributed by atoms with Crippen LogP contribution in [0.3, 0.4) is 0 Å². The van der Waals surface area contributed by atoms with Gasteiger partial charge in [0.1, 0.15) is 0 Å². The van der Waals surface area contributed by atoms with Crippen molar-refractivity contribution in [1.82, 2.24) is 5.32 Å².